The SMILES string of the molecule is COc1cc(Br)c(C2CN=C(N)N2CC2CC2)cc1OC. The summed E-state index contributed by atoms with van der Waals surface area (Å²) in [6, 6.07) is 4.12. The summed E-state index contributed by atoms with van der Waals surface area (Å²) in [4.78, 5) is 6.63. The lowest BCUT2D eigenvalue weighted by Gasteiger charge is -2.28. The number of hydrogen-bond donors (Lipinski definition) is 1. The van der Waals surface area contributed by atoms with Crippen LogP contribution >= 0.6 is 15.9 Å². The van der Waals surface area contributed by atoms with Crippen molar-refractivity contribution in [3.63, 3.8) is 0 Å². The Bertz CT molecular complexity index is 572. The standard InChI is InChI=1S/C15H20BrN3O2/c1-20-13-5-10(11(16)6-14(13)21-2)12-7-18-15(17)19(12)8-9-3-4-9/h5-6,9,12H,3-4,7-8H2,1-2H3,(H2,17,18). The Hall–Kier alpha value is -1.43. The van der Waals surface area contributed by atoms with E-state index in [0.717, 1.165) is 28.2 Å². The highest BCUT2D eigenvalue weighted by Gasteiger charge is 2.34. The van der Waals surface area contributed by atoms with Gasteiger partial charge in [-0.15, -0.1) is 0 Å². The number of nitrogens with zero attached hydrogens (tertiary/aromatic N) is 2. The van der Waals surface area contributed by atoms with Crippen LogP contribution in [0.1, 0.15) is 24.4 Å². The molecule has 5 nitrogen and oxygen atoms in total. The van der Waals surface area contributed by atoms with E-state index in [9.17, 15) is 0 Å². The first-order valence-electron chi connectivity index (χ1n) is 7.12. The highest BCUT2D eigenvalue weighted by atomic mass is 79.9. The third-order valence-electron chi connectivity index (χ3n) is 4.11. The monoisotopic (exact) mass is 353 g/mol. The minimum atomic E-state index is 0.166. The van der Waals surface area contributed by atoms with Crippen LogP contribution in [0.2, 0.25) is 0 Å². The van der Waals surface area contributed by atoms with E-state index >= 15 is 0 Å². The van der Waals surface area contributed by atoms with Crippen molar-refractivity contribution in [2.45, 2.75) is 18.9 Å². The second kappa shape index (κ2) is 5.75. The summed E-state index contributed by atoms with van der Waals surface area (Å²) < 4.78 is 11.7. The maximum atomic E-state index is 6.06. The predicted molar refractivity (Wildman–Crippen MR) is 85.9 cm³/mol. The molecule has 1 aliphatic heterocycles. The fraction of sp³-hybridized carbons (Fsp3) is 0.533. The summed E-state index contributed by atoms with van der Waals surface area (Å²) >= 11 is 3.64. The molecule has 0 saturated heterocycles. The summed E-state index contributed by atoms with van der Waals surface area (Å²) in [7, 11) is 3.29. The van der Waals surface area contributed by atoms with E-state index in [0.29, 0.717) is 18.3 Å². The van der Waals surface area contributed by atoms with Crippen LogP contribution in [0.3, 0.4) is 0 Å². The zero-order chi connectivity index (χ0) is 15.0. The van der Waals surface area contributed by atoms with E-state index < -0.39 is 0 Å². The highest BCUT2D eigenvalue weighted by Crippen LogP contribution is 2.40. The summed E-state index contributed by atoms with van der Waals surface area (Å²) in [6.45, 7) is 1.67. The van der Waals surface area contributed by atoms with Crippen molar-refractivity contribution in [2.75, 3.05) is 27.3 Å². The van der Waals surface area contributed by atoms with E-state index in [2.05, 4.69) is 25.8 Å². The molecule has 1 aliphatic carbocycles. The molecule has 114 valence electrons. The number of halogens is 1. The number of aliphatic imine (C=N–C) groups is 1. The molecule has 2 aliphatic rings. The van der Waals surface area contributed by atoms with Crippen LogP contribution < -0.4 is 15.2 Å². The van der Waals surface area contributed by atoms with Crippen molar-refractivity contribution in [3.8, 4) is 11.5 Å². The quantitative estimate of drug-likeness (QED) is 0.883. The summed E-state index contributed by atoms with van der Waals surface area (Å²) in [5.41, 5.74) is 7.20. The van der Waals surface area contributed by atoms with Gasteiger partial charge in [0.05, 0.1) is 26.8 Å². The lowest BCUT2D eigenvalue weighted by Crippen LogP contribution is -2.37. The molecule has 0 bridgehead atoms. The first-order chi connectivity index (χ1) is 10.1. The van der Waals surface area contributed by atoms with Crippen LogP contribution in [0.25, 0.3) is 0 Å². The van der Waals surface area contributed by atoms with Crippen LogP contribution in [-0.2, 0) is 0 Å². The number of benzene rings is 1. The third-order valence-corrected chi connectivity index (χ3v) is 4.80. The van der Waals surface area contributed by atoms with Crippen molar-refractivity contribution in [2.24, 2.45) is 16.6 Å². The van der Waals surface area contributed by atoms with Gasteiger partial charge in [0.2, 0.25) is 0 Å². The lowest BCUT2D eigenvalue weighted by molar-refractivity contribution is 0.327. The average molecular weight is 354 g/mol. The topological polar surface area (TPSA) is 60.1 Å². The number of ether oxygens (including phenoxy) is 2. The molecule has 1 atom stereocenters. The first-order valence-corrected chi connectivity index (χ1v) is 7.91. The van der Waals surface area contributed by atoms with Crippen LogP contribution in [-0.4, -0.2) is 38.2 Å². The molecule has 0 amide bonds. The second-order valence-corrected chi connectivity index (χ2v) is 6.39. The largest absolute Gasteiger partial charge is 0.493 e. The molecule has 1 saturated carbocycles. The molecule has 3 rings (SSSR count). The van der Waals surface area contributed by atoms with Gasteiger partial charge in [0, 0.05) is 11.0 Å². The Morgan fingerprint density at radius 3 is 2.57 bits per heavy atom. The van der Waals surface area contributed by atoms with Crippen molar-refractivity contribution >= 4 is 21.9 Å². The minimum Gasteiger partial charge on any atom is -0.493 e. The zero-order valence-electron chi connectivity index (χ0n) is 12.3. The van der Waals surface area contributed by atoms with Crippen LogP contribution in [0.5, 0.6) is 11.5 Å². The minimum absolute atomic E-state index is 0.166. The molecule has 1 unspecified atom stereocenters. The maximum absolute atomic E-state index is 6.06. The fourth-order valence-electron chi connectivity index (χ4n) is 2.72. The molecule has 1 aromatic rings. The summed E-state index contributed by atoms with van der Waals surface area (Å²) in [6.07, 6.45) is 2.59. The Kier molecular flexibility index (Phi) is 3.97. The Balaban J connectivity index is 1.91. The van der Waals surface area contributed by atoms with Gasteiger partial charge in [-0.25, -0.2) is 0 Å². The van der Waals surface area contributed by atoms with Gasteiger partial charge in [-0.2, -0.15) is 0 Å². The second-order valence-electron chi connectivity index (χ2n) is 5.54. The predicted octanol–water partition coefficient (Wildman–Crippen LogP) is 2.55. The van der Waals surface area contributed by atoms with Gasteiger partial charge in [0.25, 0.3) is 0 Å². The van der Waals surface area contributed by atoms with Gasteiger partial charge in [-0.1, -0.05) is 15.9 Å². The van der Waals surface area contributed by atoms with E-state index in [-0.39, 0.29) is 6.04 Å². The molecule has 6 heteroatoms. The molecule has 1 aromatic carbocycles. The molecule has 0 spiro atoms. The van der Waals surface area contributed by atoms with Crippen LogP contribution in [0.15, 0.2) is 21.6 Å². The molecule has 0 radical (unpaired) electrons. The van der Waals surface area contributed by atoms with E-state index in [4.69, 9.17) is 15.2 Å². The highest BCUT2D eigenvalue weighted by molar-refractivity contribution is 9.10. The van der Waals surface area contributed by atoms with E-state index in [1.54, 1.807) is 14.2 Å². The normalized spacial score (nSPS) is 21.4. The molecule has 1 heterocycles. The molecule has 1 fully saturated rings. The lowest BCUT2D eigenvalue weighted by atomic mass is 10.0. The molecular formula is C15H20BrN3O2. The fourth-order valence-corrected chi connectivity index (χ4v) is 3.31. The Morgan fingerprint density at radius 1 is 1.29 bits per heavy atom. The number of nitrogens with two attached hydrogens (primary N) is 1. The van der Waals surface area contributed by atoms with E-state index in [1.165, 1.54) is 12.8 Å². The number of hydrogen-bond acceptors (Lipinski definition) is 5. The number of methoxy groups -OCH3 is 2. The van der Waals surface area contributed by atoms with Gasteiger partial charge in [-0.05, 0) is 36.5 Å². The smallest absolute Gasteiger partial charge is 0.191 e. The van der Waals surface area contributed by atoms with Crippen LogP contribution in [0.4, 0.5) is 0 Å². The maximum Gasteiger partial charge on any atom is 0.191 e. The van der Waals surface area contributed by atoms with Gasteiger partial charge >= 0.3 is 0 Å². The van der Waals surface area contributed by atoms with Crippen molar-refractivity contribution in [1.82, 2.24) is 4.90 Å². The molecule has 0 aromatic heterocycles. The summed E-state index contributed by atoms with van der Waals surface area (Å²) in [5.74, 6) is 2.85. The third kappa shape index (κ3) is 2.81. The zero-order valence-corrected chi connectivity index (χ0v) is 13.9. The number of guanidine groups is 1. The van der Waals surface area contributed by atoms with Crippen molar-refractivity contribution in [3.05, 3.63) is 22.2 Å². The van der Waals surface area contributed by atoms with Gasteiger partial charge < -0.3 is 20.1 Å². The average Bonchev–Trinajstić information content (AvgIpc) is 3.23. The van der Waals surface area contributed by atoms with Gasteiger partial charge in [0.15, 0.2) is 17.5 Å². The van der Waals surface area contributed by atoms with Gasteiger partial charge in [-0.3, -0.25) is 4.99 Å². The van der Waals surface area contributed by atoms with Crippen molar-refractivity contribution < 1.29 is 9.47 Å². The Morgan fingerprint density at radius 2 is 1.95 bits per heavy atom. The van der Waals surface area contributed by atoms with Crippen LogP contribution in [0, 0.1) is 5.92 Å². The van der Waals surface area contributed by atoms with Crippen molar-refractivity contribution in [1.29, 1.82) is 0 Å². The number of rotatable bonds is 5. The summed E-state index contributed by atoms with van der Waals surface area (Å²) in [5, 5.41) is 0. The molecular weight excluding hydrogens is 334 g/mol. The Labute approximate surface area is 133 Å². The molecule has 2 N–H and O–H groups in total. The van der Waals surface area contributed by atoms with E-state index in [1.807, 2.05) is 12.1 Å². The first kappa shape index (κ1) is 14.5. The van der Waals surface area contributed by atoms with Gasteiger partial charge in [0.1, 0.15) is 0 Å². The molecule has 21 heavy (non-hydrogen) atoms.